The van der Waals surface area contributed by atoms with Gasteiger partial charge in [-0.15, -0.1) is 0 Å². The van der Waals surface area contributed by atoms with E-state index in [0.717, 1.165) is 6.19 Å². The molecular formula is C11H25BNO5P. The second-order valence-electron chi connectivity index (χ2n) is 3.95. The Hall–Kier alpha value is -0.195. The highest BCUT2D eigenvalue weighted by Crippen LogP contribution is 2.59. The zero-order valence-corrected chi connectivity index (χ0v) is 13.2. The van der Waals surface area contributed by atoms with Gasteiger partial charge in [0.05, 0.1) is 12.8 Å². The van der Waals surface area contributed by atoms with E-state index in [9.17, 15) is 9.36 Å². The van der Waals surface area contributed by atoms with Crippen molar-refractivity contribution in [2.45, 2.75) is 33.2 Å². The summed E-state index contributed by atoms with van der Waals surface area (Å²) in [6.07, 6.45) is 1.01. The minimum Gasteiger partial charge on any atom is -0.352 e. The lowest BCUT2D eigenvalue weighted by Gasteiger charge is -2.36. The predicted octanol–water partition coefficient (Wildman–Crippen LogP) is 1.18. The smallest absolute Gasteiger partial charge is 0.278 e. The summed E-state index contributed by atoms with van der Waals surface area (Å²) in [4.78, 5) is 10.2. The number of ether oxygens (including phenoxy) is 2. The van der Waals surface area contributed by atoms with Crippen molar-refractivity contribution in [1.29, 1.82) is 0 Å². The van der Waals surface area contributed by atoms with Crippen molar-refractivity contribution in [1.82, 2.24) is 5.23 Å². The Bertz CT molecular complexity index is 297. The van der Waals surface area contributed by atoms with E-state index in [2.05, 4.69) is 5.23 Å². The number of nitrogens with one attached hydrogen (secondary N) is 1. The molecular weight excluding hydrogens is 268 g/mol. The van der Waals surface area contributed by atoms with E-state index in [-0.39, 0.29) is 13.6 Å². The van der Waals surface area contributed by atoms with Crippen molar-refractivity contribution in [3.63, 3.8) is 0 Å². The first-order valence-corrected chi connectivity index (χ1v) is 8.46. The van der Waals surface area contributed by atoms with Gasteiger partial charge in [0.15, 0.2) is 0 Å². The third kappa shape index (κ3) is 5.75. The van der Waals surface area contributed by atoms with E-state index in [4.69, 9.17) is 14.0 Å². The number of carbonyl (C=O) groups excluding carboxylic acids is 1. The quantitative estimate of drug-likeness (QED) is 0.191. The molecule has 1 N–H and O–H groups in total. The van der Waals surface area contributed by atoms with Gasteiger partial charge in [0.25, 0.3) is 14.8 Å². The summed E-state index contributed by atoms with van der Waals surface area (Å²) in [5.74, 6) is 0. The Labute approximate surface area is 116 Å². The van der Waals surface area contributed by atoms with E-state index in [1.165, 1.54) is 0 Å². The van der Waals surface area contributed by atoms with Crippen molar-refractivity contribution in [2.75, 3.05) is 32.5 Å². The Balaban J connectivity index is 4.87. The maximum atomic E-state index is 13.0. The largest absolute Gasteiger partial charge is 0.352 e. The van der Waals surface area contributed by atoms with Crippen LogP contribution in [0.2, 0.25) is 0 Å². The summed E-state index contributed by atoms with van der Waals surface area (Å²) in [5, 5.41) is 2.87. The Morgan fingerprint density at radius 1 is 1.21 bits per heavy atom. The first-order valence-electron chi connectivity index (χ1n) is 6.65. The van der Waals surface area contributed by atoms with E-state index in [1.54, 1.807) is 13.8 Å². The van der Waals surface area contributed by atoms with Gasteiger partial charge in [-0.3, -0.25) is 4.57 Å². The summed E-state index contributed by atoms with van der Waals surface area (Å²) in [7, 11) is -2.91. The molecule has 8 heteroatoms. The summed E-state index contributed by atoms with van der Waals surface area (Å²) in [5.41, 5.74) is -1.24. The molecule has 0 radical (unpaired) electrons. The van der Waals surface area contributed by atoms with Gasteiger partial charge < -0.3 is 24.0 Å². The van der Waals surface area contributed by atoms with Gasteiger partial charge in [-0.25, -0.2) is 0 Å². The third-order valence-electron chi connectivity index (χ3n) is 2.59. The molecule has 6 nitrogen and oxygen atoms in total. The average Bonchev–Trinajstić information content (AvgIpc) is 2.35. The average molecular weight is 293 g/mol. The molecule has 1 unspecified atom stereocenters. The molecule has 19 heavy (non-hydrogen) atoms. The van der Waals surface area contributed by atoms with Gasteiger partial charge in [0.1, 0.15) is 0 Å². The SMILES string of the molecule is CCOC(C)(OCC)P(=O)(CCNBC=O)OCC. The van der Waals surface area contributed by atoms with Crippen LogP contribution in [-0.4, -0.2) is 51.7 Å². The summed E-state index contributed by atoms with van der Waals surface area (Å²) in [6, 6.07) is 0. The van der Waals surface area contributed by atoms with Gasteiger partial charge in [0.2, 0.25) is 5.53 Å². The molecule has 112 valence electrons. The van der Waals surface area contributed by atoms with Crippen LogP contribution >= 0.6 is 7.37 Å². The fraction of sp³-hybridized carbons (Fsp3) is 0.909. The van der Waals surface area contributed by atoms with Crippen LogP contribution in [-0.2, 0) is 23.4 Å². The second-order valence-corrected chi connectivity index (χ2v) is 6.81. The van der Waals surface area contributed by atoms with Crippen molar-refractivity contribution >= 4 is 21.0 Å². The monoisotopic (exact) mass is 293 g/mol. The van der Waals surface area contributed by atoms with Crippen molar-refractivity contribution in [2.24, 2.45) is 0 Å². The minimum atomic E-state index is -3.14. The maximum absolute atomic E-state index is 13.0. The van der Waals surface area contributed by atoms with Crippen LogP contribution in [0.1, 0.15) is 27.7 Å². The van der Waals surface area contributed by atoms with Crippen molar-refractivity contribution < 1.29 is 23.4 Å². The lowest BCUT2D eigenvalue weighted by molar-refractivity contribution is -0.167. The zero-order valence-electron chi connectivity index (χ0n) is 12.3. The highest BCUT2D eigenvalue weighted by Gasteiger charge is 2.47. The minimum absolute atomic E-state index is 0.228. The zero-order chi connectivity index (χ0) is 14.8. The molecule has 0 aliphatic carbocycles. The summed E-state index contributed by atoms with van der Waals surface area (Å²) < 4.78 is 29.5. The summed E-state index contributed by atoms with van der Waals surface area (Å²) in [6.45, 7) is 8.56. The molecule has 0 amide bonds. The molecule has 0 bridgehead atoms. The van der Waals surface area contributed by atoms with E-state index in [1.807, 2.05) is 13.8 Å². The Morgan fingerprint density at radius 3 is 2.21 bits per heavy atom. The Morgan fingerprint density at radius 2 is 1.79 bits per heavy atom. The summed E-state index contributed by atoms with van der Waals surface area (Å²) >= 11 is 0. The molecule has 0 spiro atoms. The highest BCUT2D eigenvalue weighted by molar-refractivity contribution is 7.60. The third-order valence-corrected chi connectivity index (χ3v) is 5.57. The van der Waals surface area contributed by atoms with Gasteiger partial charge in [-0.1, -0.05) is 0 Å². The van der Waals surface area contributed by atoms with Gasteiger partial charge in [0, 0.05) is 19.4 Å². The molecule has 1 atom stereocenters. The molecule has 0 saturated carbocycles. The topological polar surface area (TPSA) is 73.9 Å². The first-order chi connectivity index (χ1) is 8.99. The molecule has 0 aromatic rings. The van der Waals surface area contributed by atoms with Crippen molar-refractivity contribution in [3.8, 4) is 0 Å². The van der Waals surface area contributed by atoms with E-state index >= 15 is 0 Å². The number of hydrogen-bond donors (Lipinski definition) is 1. The normalized spacial score (nSPS) is 14.9. The van der Waals surface area contributed by atoms with Crippen LogP contribution < -0.4 is 5.23 Å². The molecule has 0 fully saturated rings. The van der Waals surface area contributed by atoms with Crippen LogP contribution in [0.25, 0.3) is 0 Å². The number of rotatable bonds is 12. The van der Waals surface area contributed by atoms with Gasteiger partial charge in [-0.2, -0.15) is 0 Å². The second kappa shape index (κ2) is 9.67. The molecule has 0 aromatic heterocycles. The van der Waals surface area contributed by atoms with Crippen LogP contribution in [0.3, 0.4) is 0 Å². The number of hydrogen-bond acceptors (Lipinski definition) is 6. The van der Waals surface area contributed by atoms with E-state index < -0.39 is 12.9 Å². The van der Waals surface area contributed by atoms with Gasteiger partial charge >= 0.3 is 0 Å². The molecule has 0 aliphatic rings. The first kappa shape index (κ1) is 18.8. The lowest BCUT2D eigenvalue weighted by Crippen LogP contribution is -2.37. The molecule has 0 saturated heterocycles. The Kier molecular flexibility index (Phi) is 9.57. The van der Waals surface area contributed by atoms with Crippen LogP contribution in [0.15, 0.2) is 0 Å². The van der Waals surface area contributed by atoms with E-state index in [0.29, 0.717) is 26.4 Å². The fourth-order valence-electron chi connectivity index (χ4n) is 1.75. The molecule has 0 rings (SSSR count). The van der Waals surface area contributed by atoms with Crippen LogP contribution in [0.4, 0.5) is 0 Å². The molecule has 0 heterocycles. The maximum Gasteiger partial charge on any atom is 0.278 e. The van der Waals surface area contributed by atoms with Gasteiger partial charge in [-0.05, 0) is 34.2 Å². The van der Waals surface area contributed by atoms with Crippen molar-refractivity contribution in [3.05, 3.63) is 0 Å². The molecule has 0 aliphatic heterocycles. The number of carbonyl (C=O) groups is 1. The van der Waals surface area contributed by atoms with Crippen LogP contribution in [0.5, 0.6) is 0 Å². The predicted molar refractivity (Wildman–Crippen MR) is 77.7 cm³/mol. The highest BCUT2D eigenvalue weighted by atomic mass is 31.2. The van der Waals surface area contributed by atoms with Crippen LogP contribution in [0, 0.1) is 0 Å². The molecule has 0 aromatic carbocycles. The lowest BCUT2D eigenvalue weighted by atomic mass is 10.00. The fourth-order valence-corrected chi connectivity index (χ4v) is 4.05. The standard InChI is InChI=1S/C11H25BNO5P/c1-5-16-11(4,17-6-2)19(15,18-7-3)9-8-13-12-10-14/h10,12-13H,5-9H2,1-4H3.